The summed E-state index contributed by atoms with van der Waals surface area (Å²) in [6.45, 7) is 1.90. The number of hydrogen-bond acceptors (Lipinski definition) is 6. The van der Waals surface area contributed by atoms with Crippen LogP contribution >= 0.6 is 15.9 Å². The second kappa shape index (κ2) is 10.3. The van der Waals surface area contributed by atoms with E-state index in [9.17, 15) is 14.4 Å². The smallest absolute Gasteiger partial charge is 0.408 e. The molecule has 0 spiro atoms. The molecular weight excluding hydrogens is 466 g/mol. The fourth-order valence-electron chi connectivity index (χ4n) is 3.20. The molecule has 1 N–H and O–H groups in total. The molecule has 1 heterocycles. The lowest BCUT2D eigenvalue weighted by molar-refractivity contribution is -0.141. The molecule has 3 rings (SSSR count). The molecule has 0 aliphatic carbocycles. The van der Waals surface area contributed by atoms with Crippen LogP contribution < -0.4 is 5.32 Å². The highest BCUT2D eigenvalue weighted by molar-refractivity contribution is 9.12. The molecule has 0 bridgehead atoms. The van der Waals surface area contributed by atoms with E-state index in [0.29, 0.717) is 0 Å². The van der Waals surface area contributed by atoms with Crippen molar-refractivity contribution >= 4 is 34.0 Å². The van der Waals surface area contributed by atoms with Crippen LogP contribution in [0.5, 0.6) is 0 Å². The number of hydrogen-bond donors (Lipinski definition) is 1. The Bertz CT molecular complexity index is 976. The topological polar surface area (TPSA) is 90.9 Å². The van der Waals surface area contributed by atoms with Crippen LogP contribution in [0.1, 0.15) is 24.5 Å². The van der Waals surface area contributed by atoms with Crippen LogP contribution in [0.3, 0.4) is 0 Å². The number of esters is 2. The van der Waals surface area contributed by atoms with Crippen molar-refractivity contribution in [1.29, 1.82) is 0 Å². The summed E-state index contributed by atoms with van der Waals surface area (Å²) in [5.41, 5.74) is 0.210. The van der Waals surface area contributed by atoms with E-state index in [1.165, 1.54) is 0 Å². The third-order valence-electron chi connectivity index (χ3n) is 4.67. The lowest BCUT2D eigenvalue weighted by Crippen LogP contribution is -2.53. The fraction of sp³-hybridized carbons (Fsp3) is 0.261. The summed E-state index contributed by atoms with van der Waals surface area (Å²) >= 11 is 3.15. The van der Waals surface area contributed by atoms with Crippen LogP contribution in [-0.4, -0.2) is 30.2 Å². The summed E-state index contributed by atoms with van der Waals surface area (Å²) in [4.78, 5) is 37.5. The van der Waals surface area contributed by atoms with Crippen molar-refractivity contribution in [2.75, 3.05) is 6.61 Å². The minimum absolute atomic E-state index is 0.0112. The van der Waals surface area contributed by atoms with Gasteiger partial charge in [-0.15, -0.1) is 0 Å². The summed E-state index contributed by atoms with van der Waals surface area (Å²) in [5.74, 6) is -1.22. The van der Waals surface area contributed by atoms with Crippen molar-refractivity contribution in [1.82, 2.24) is 5.32 Å². The Labute approximate surface area is 188 Å². The lowest BCUT2D eigenvalue weighted by Gasteiger charge is -2.25. The van der Waals surface area contributed by atoms with Gasteiger partial charge in [-0.05, 0) is 34.0 Å². The zero-order valence-electron chi connectivity index (χ0n) is 16.9. The molecule has 2 aromatic rings. The third-order valence-corrected chi connectivity index (χ3v) is 5.44. The van der Waals surface area contributed by atoms with Gasteiger partial charge in [0.25, 0.3) is 0 Å². The molecule has 7 nitrogen and oxygen atoms in total. The highest BCUT2D eigenvalue weighted by Crippen LogP contribution is 2.35. The largest absolute Gasteiger partial charge is 0.462 e. The molecule has 0 aromatic heterocycles. The van der Waals surface area contributed by atoms with E-state index in [4.69, 9.17) is 14.2 Å². The third kappa shape index (κ3) is 5.73. The maximum Gasteiger partial charge on any atom is 0.408 e. The van der Waals surface area contributed by atoms with Gasteiger partial charge in [0.15, 0.2) is 5.54 Å². The van der Waals surface area contributed by atoms with Gasteiger partial charge in [0.05, 0.1) is 6.61 Å². The van der Waals surface area contributed by atoms with E-state index >= 15 is 0 Å². The maximum absolute atomic E-state index is 12.9. The molecule has 1 aliphatic rings. The number of rotatable bonds is 7. The highest BCUT2D eigenvalue weighted by Gasteiger charge is 2.50. The van der Waals surface area contributed by atoms with Gasteiger partial charge in [-0.25, -0.2) is 14.4 Å². The number of carbonyl (C=O) groups excluding carboxylic acids is 3. The summed E-state index contributed by atoms with van der Waals surface area (Å²) < 4.78 is 15.6. The number of ether oxygens (including phenoxy) is 3. The first-order valence-electron chi connectivity index (χ1n) is 9.74. The average molecular weight is 488 g/mol. The second-order valence-electron chi connectivity index (χ2n) is 6.96. The molecule has 1 amide bonds. The molecule has 0 saturated carbocycles. The van der Waals surface area contributed by atoms with E-state index in [0.717, 1.165) is 11.1 Å². The van der Waals surface area contributed by atoms with E-state index in [-0.39, 0.29) is 36.3 Å². The summed E-state index contributed by atoms with van der Waals surface area (Å²) in [7, 11) is 0. The van der Waals surface area contributed by atoms with Crippen LogP contribution in [0.2, 0.25) is 0 Å². The first kappa shape index (κ1) is 22.6. The quantitative estimate of drug-likeness (QED) is 0.360. The monoisotopic (exact) mass is 487 g/mol. The Balaban J connectivity index is 1.82. The molecule has 31 heavy (non-hydrogen) atoms. The van der Waals surface area contributed by atoms with Crippen molar-refractivity contribution in [3.8, 4) is 0 Å². The Kier molecular flexibility index (Phi) is 7.46. The Morgan fingerprint density at radius 2 is 1.65 bits per heavy atom. The van der Waals surface area contributed by atoms with Crippen LogP contribution in [0.15, 0.2) is 70.9 Å². The molecule has 1 aliphatic heterocycles. The normalized spacial score (nSPS) is 19.4. The molecule has 0 radical (unpaired) electrons. The molecule has 1 fully saturated rings. The minimum atomic E-state index is -1.42. The van der Waals surface area contributed by atoms with Crippen LogP contribution in [0, 0.1) is 0 Å². The maximum atomic E-state index is 12.9. The highest BCUT2D eigenvalue weighted by atomic mass is 79.9. The Hall–Kier alpha value is -3.13. The summed E-state index contributed by atoms with van der Waals surface area (Å²) in [6.07, 6.45) is -0.620. The van der Waals surface area contributed by atoms with Gasteiger partial charge >= 0.3 is 18.0 Å². The van der Waals surface area contributed by atoms with Gasteiger partial charge in [-0.2, -0.15) is 0 Å². The van der Waals surface area contributed by atoms with Gasteiger partial charge in [0.2, 0.25) is 0 Å². The summed E-state index contributed by atoms with van der Waals surface area (Å²) in [6, 6.07) is 18.4. The zero-order chi connectivity index (χ0) is 22.3. The number of amides is 1. The van der Waals surface area contributed by atoms with Gasteiger partial charge in [0.1, 0.15) is 16.8 Å². The van der Waals surface area contributed by atoms with Crippen LogP contribution in [-0.2, 0) is 36.8 Å². The number of alkyl carbamates (subject to hydrolysis) is 1. The SMILES string of the molecule is CCOC(=O)/C(Br)=C1/C[C@@](Cc2ccccc2)(NC(=O)OCc2ccccc2)C(=O)O1. The second-order valence-corrected chi connectivity index (χ2v) is 7.75. The van der Waals surface area contributed by atoms with Crippen molar-refractivity contribution in [2.45, 2.75) is 31.9 Å². The molecule has 2 aromatic carbocycles. The molecule has 8 heteroatoms. The van der Waals surface area contributed by atoms with E-state index in [2.05, 4.69) is 21.2 Å². The van der Waals surface area contributed by atoms with Crippen LogP contribution in [0.4, 0.5) is 4.79 Å². The number of halogens is 1. The predicted molar refractivity (Wildman–Crippen MR) is 116 cm³/mol. The number of carbonyl (C=O) groups is 3. The van der Waals surface area contributed by atoms with E-state index in [1.54, 1.807) is 6.92 Å². The molecule has 1 atom stereocenters. The first-order valence-corrected chi connectivity index (χ1v) is 10.5. The predicted octanol–water partition coefficient (Wildman–Crippen LogP) is 4.01. The van der Waals surface area contributed by atoms with Gasteiger partial charge < -0.3 is 19.5 Å². The van der Waals surface area contributed by atoms with E-state index in [1.807, 2.05) is 60.7 Å². The number of benzene rings is 2. The first-order chi connectivity index (χ1) is 14.9. The van der Waals surface area contributed by atoms with Gasteiger partial charge in [-0.3, -0.25) is 0 Å². The van der Waals surface area contributed by atoms with Gasteiger partial charge in [0, 0.05) is 12.8 Å². The lowest BCUT2D eigenvalue weighted by atomic mass is 9.88. The Morgan fingerprint density at radius 3 is 2.26 bits per heavy atom. The molecule has 0 unspecified atom stereocenters. The molecule has 1 saturated heterocycles. The number of nitrogens with one attached hydrogen (secondary N) is 1. The Morgan fingerprint density at radius 1 is 1.03 bits per heavy atom. The van der Waals surface area contributed by atoms with Crippen molar-refractivity contribution < 1.29 is 28.6 Å². The summed E-state index contributed by atoms with van der Waals surface area (Å²) in [5, 5.41) is 2.67. The van der Waals surface area contributed by atoms with Crippen LogP contribution in [0.25, 0.3) is 0 Å². The van der Waals surface area contributed by atoms with E-state index < -0.39 is 23.6 Å². The average Bonchev–Trinajstić information content (AvgIpc) is 3.08. The van der Waals surface area contributed by atoms with Gasteiger partial charge in [-0.1, -0.05) is 60.7 Å². The standard InChI is InChI=1S/C23H22BrNO6/c1-2-29-20(26)19(24)18-14-23(21(27)31-18,13-16-9-5-3-6-10-16)25-22(28)30-15-17-11-7-4-8-12-17/h3-12H,2,13-15H2,1H3,(H,25,28)/b19-18+/t23-/m1/s1. The molecule has 162 valence electrons. The van der Waals surface area contributed by atoms with Crippen molar-refractivity contribution in [3.63, 3.8) is 0 Å². The van der Waals surface area contributed by atoms with Crippen molar-refractivity contribution in [3.05, 3.63) is 82.0 Å². The molecular formula is C23H22BrNO6. The minimum Gasteiger partial charge on any atom is -0.462 e. The van der Waals surface area contributed by atoms with Crippen molar-refractivity contribution in [2.24, 2.45) is 0 Å². The number of cyclic esters (lactones) is 1. The zero-order valence-corrected chi connectivity index (χ0v) is 18.5. The fourth-order valence-corrected chi connectivity index (χ4v) is 3.53.